The van der Waals surface area contributed by atoms with Gasteiger partial charge in [-0.25, -0.2) is 9.97 Å². The summed E-state index contributed by atoms with van der Waals surface area (Å²) < 4.78 is 2.12. The van der Waals surface area contributed by atoms with E-state index in [2.05, 4.69) is 34.9 Å². The van der Waals surface area contributed by atoms with Gasteiger partial charge >= 0.3 is 7.48 Å². The van der Waals surface area contributed by atoms with E-state index in [1.165, 1.54) is 0 Å². The maximum atomic E-state index is 9.64. The first-order valence-electron chi connectivity index (χ1n) is 10.3. The number of hydrogen-bond donors (Lipinski definition) is 1. The fourth-order valence-corrected chi connectivity index (χ4v) is 4.31. The highest BCUT2D eigenvalue weighted by Crippen LogP contribution is 2.32. The van der Waals surface area contributed by atoms with Gasteiger partial charge in [0, 0.05) is 21.7 Å². The van der Waals surface area contributed by atoms with E-state index in [0.29, 0.717) is 5.95 Å². The molecule has 1 N–H and O–H groups in total. The molecule has 0 fully saturated rings. The van der Waals surface area contributed by atoms with Gasteiger partial charge in [-0.05, 0) is 18.2 Å². The van der Waals surface area contributed by atoms with Crippen LogP contribution in [-0.4, -0.2) is 27.0 Å². The van der Waals surface area contributed by atoms with Crippen LogP contribution in [0.3, 0.4) is 0 Å². The van der Waals surface area contributed by atoms with Crippen molar-refractivity contribution >= 4 is 45.7 Å². The van der Waals surface area contributed by atoms with E-state index in [1.807, 2.05) is 66.7 Å². The molecule has 0 saturated heterocycles. The van der Waals surface area contributed by atoms with Crippen molar-refractivity contribution in [1.29, 1.82) is 0 Å². The average molecular weight is 399 g/mol. The highest BCUT2D eigenvalue weighted by atomic mass is 16.2. The van der Waals surface area contributed by atoms with E-state index in [1.54, 1.807) is 0 Å². The Morgan fingerprint density at radius 3 is 2.19 bits per heavy atom. The number of hydrogen-bond acceptors (Lipinski definition) is 3. The third-order valence-electron chi connectivity index (χ3n) is 5.76. The minimum Gasteiger partial charge on any atom is -0.449 e. The van der Waals surface area contributed by atoms with Crippen LogP contribution >= 0.6 is 0 Å². The number of aromatic nitrogens is 3. The van der Waals surface area contributed by atoms with Gasteiger partial charge in [0.25, 0.3) is 0 Å². The summed E-state index contributed by atoms with van der Waals surface area (Å²) in [6, 6.07) is 32.7. The van der Waals surface area contributed by atoms with Crippen molar-refractivity contribution in [2.45, 2.75) is 0 Å². The molecule has 0 saturated carbocycles. The molecule has 4 aromatic carbocycles. The Morgan fingerprint density at radius 2 is 1.35 bits per heavy atom. The lowest BCUT2D eigenvalue weighted by atomic mass is 9.88. The third-order valence-corrected chi connectivity index (χ3v) is 5.76. The largest absolute Gasteiger partial charge is 0.449 e. The van der Waals surface area contributed by atoms with Crippen molar-refractivity contribution in [1.82, 2.24) is 14.5 Å². The highest BCUT2D eigenvalue weighted by molar-refractivity contribution is 6.46. The molecule has 2 heterocycles. The highest BCUT2D eigenvalue weighted by Gasteiger charge is 2.17. The molecule has 0 aliphatic heterocycles. The van der Waals surface area contributed by atoms with Gasteiger partial charge in [0.15, 0.2) is 0 Å². The third kappa shape index (κ3) is 2.82. The Kier molecular flexibility index (Phi) is 4.08. The van der Waals surface area contributed by atoms with Crippen molar-refractivity contribution in [3.63, 3.8) is 0 Å². The SMILES string of the molecule is OBc1ccc2c(c1)c1ccccc1n2-c1nc(-c2ccccc2)c2ccccc2n1. The van der Waals surface area contributed by atoms with E-state index < -0.39 is 0 Å². The van der Waals surface area contributed by atoms with Crippen LogP contribution in [-0.2, 0) is 0 Å². The zero-order chi connectivity index (χ0) is 20.8. The molecule has 0 amide bonds. The normalized spacial score (nSPS) is 11.4. The summed E-state index contributed by atoms with van der Waals surface area (Å²) in [6.07, 6.45) is 0. The molecule has 0 aliphatic carbocycles. The van der Waals surface area contributed by atoms with Gasteiger partial charge in [0.2, 0.25) is 5.95 Å². The van der Waals surface area contributed by atoms with Gasteiger partial charge in [0.05, 0.1) is 22.2 Å². The summed E-state index contributed by atoms with van der Waals surface area (Å²) in [4.78, 5) is 10.0. The van der Waals surface area contributed by atoms with Crippen molar-refractivity contribution in [2.75, 3.05) is 0 Å². The van der Waals surface area contributed by atoms with Gasteiger partial charge in [-0.2, -0.15) is 0 Å². The molecule has 0 aliphatic rings. The van der Waals surface area contributed by atoms with Gasteiger partial charge in [0.1, 0.15) is 0 Å². The van der Waals surface area contributed by atoms with Crippen LogP contribution in [0, 0.1) is 0 Å². The molecule has 146 valence electrons. The molecule has 31 heavy (non-hydrogen) atoms. The second kappa shape index (κ2) is 7.08. The zero-order valence-electron chi connectivity index (χ0n) is 16.7. The minimum atomic E-state index is 0.0140. The van der Waals surface area contributed by atoms with E-state index >= 15 is 0 Å². The lowest BCUT2D eigenvalue weighted by Crippen LogP contribution is -2.12. The van der Waals surface area contributed by atoms with Crippen molar-refractivity contribution in [2.24, 2.45) is 0 Å². The van der Waals surface area contributed by atoms with Gasteiger partial charge in [-0.15, -0.1) is 0 Å². The lowest BCUT2D eigenvalue weighted by molar-refractivity contribution is 0.615. The minimum absolute atomic E-state index is 0.0140. The van der Waals surface area contributed by atoms with Crippen LogP contribution in [0.15, 0.2) is 97.1 Å². The molecule has 0 atom stereocenters. The summed E-state index contributed by atoms with van der Waals surface area (Å²) in [5.41, 5.74) is 5.84. The molecule has 4 nitrogen and oxygen atoms in total. The van der Waals surface area contributed by atoms with Crippen LogP contribution in [0.1, 0.15) is 0 Å². The molecule has 0 unspecified atom stereocenters. The van der Waals surface area contributed by atoms with Crippen LogP contribution in [0.4, 0.5) is 0 Å². The molecule has 0 radical (unpaired) electrons. The quantitative estimate of drug-likeness (QED) is 0.450. The van der Waals surface area contributed by atoms with E-state index in [4.69, 9.17) is 9.97 Å². The summed E-state index contributed by atoms with van der Waals surface area (Å²) in [5, 5.41) is 12.9. The monoisotopic (exact) mass is 399 g/mol. The fourth-order valence-electron chi connectivity index (χ4n) is 4.31. The van der Waals surface area contributed by atoms with Crippen LogP contribution in [0.5, 0.6) is 0 Å². The fraction of sp³-hybridized carbons (Fsp3) is 0. The topological polar surface area (TPSA) is 50.9 Å². The first kappa shape index (κ1) is 17.9. The first-order chi connectivity index (χ1) is 15.3. The van der Waals surface area contributed by atoms with Gasteiger partial charge in [-0.1, -0.05) is 84.3 Å². The van der Waals surface area contributed by atoms with Gasteiger partial charge in [-0.3, -0.25) is 4.57 Å². The number of fused-ring (bicyclic) bond motifs is 4. The molecule has 0 bridgehead atoms. The predicted octanol–water partition coefficient (Wildman–Crippen LogP) is 4.36. The van der Waals surface area contributed by atoms with E-state index in [9.17, 15) is 5.02 Å². The van der Waals surface area contributed by atoms with E-state index in [0.717, 1.165) is 49.4 Å². The Morgan fingerprint density at radius 1 is 0.645 bits per heavy atom. The first-order valence-corrected chi connectivity index (χ1v) is 10.3. The smallest absolute Gasteiger partial charge is 0.304 e. The number of rotatable bonds is 3. The van der Waals surface area contributed by atoms with Crippen molar-refractivity contribution < 1.29 is 5.02 Å². The Hall–Kier alpha value is -3.96. The average Bonchev–Trinajstić information content (AvgIpc) is 3.17. The molecule has 2 aromatic heterocycles. The Balaban J connectivity index is 1.73. The number of para-hydroxylation sites is 2. The maximum absolute atomic E-state index is 9.64. The van der Waals surface area contributed by atoms with E-state index in [-0.39, 0.29) is 7.48 Å². The standard InChI is InChI=1S/C26H18BN3O/c31-27-18-14-15-24-21(16-18)19-10-5-7-13-23(19)30(24)26-28-22-12-6-4-11-20(22)25(29-26)17-8-2-1-3-9-17/h1-16,27,31H. The lowest BCUT2D eigenvalue weighted by Gasteiger charge is -2.11. The molecule has 6 rings (SSSR count). The second-order valence-electron chi connectivity index (χ2n) is 7.62. The van der Waals surface area contributed by atoms with Crippen LogP contribution in [0.2, 0.25) is 0 Å². The zero-order valence-corrected chi connectivity index (χ0v) is 16.7. The van der Waals surface area contributed by atoms with Crippen LogP contribution < -0.4 is 5.46 Å². The summed E-state index contributed by atoms with van der Waals surface area (Å²) in [7, 11) is 0.0140. The number of benzene rings is 4. The molecule has 5 heteroatoms. The molecular weight excluding hydrogens is 381 g/mol. The second-order valence-corrected chi connectivity index (χ2v) is 7.62. The summed E-state index contributed by atoms with van der Waals surface area (Å²) in [6.45, 7) is 0. The summed E-state index contributed by atoms with van der Waals surface area (Å²) >= 11 is 0. The molecular formula is C26H18BN3O. The maximum Gasteiger partial charge on any atom is 0.304 e. The summed E-state index contributed by atoms with van der Waals surface area (Å²) in [5.74, 6) is 0.639. The van der Waals surface area contributed by atoms with Crippen molar-refractivity contribution in [3.8, 4) is 17.2 Å². The number of nitrogens with zero attached hydrogens (tertiary/aromatic N) is 3. The van der Waals surface area contributed by atoms with Crippen molar-refractivity contribution in [3.05, 3.63) is 97.1 Å². The Labute approximate surface area is 179 Å². The predicted molar refractivity (Wildman–Crippen MR) is 128 cm³/mol. The van der Waals surface area contributed by atoms with Gasteiger partial charge < -0.3 is 5.02 Å². The Bertz CT molecular complexity index is 1570. The van der Waals surface area contributed by atoms with Crippen LogP contribution in [0.25, 0.3) is 49.9 Å². The molecule has 0 spiro atoms. The molecule has 6 aromatic rings.